The van der Waals surface area contributed by atoms with Crippen LogP contribution >= 0.6 is 11.8 Å². The van der Waals surface area contributed by atoms with E-state index in [1.807, 2.05) is 12.1 Å². The summed E-state index contributed by atoms with van der Waals surface area (Å²) in [7, 11) is -5.55. The Labute approximate surface area is 411 Å². The van der Waals surface area contributed by atoms with Crippen molar-refractivity contribution in [2.24, 2.45) is 5.92 Å². The maximum atomic E-state index is 14.5. The van der Waals surface area contributed by atoms with Gasteiger partial charge in [0.15, 0.2) is 16.6 Å². The van der Waals surface area contributed by atoms with Crippen LogP contribution in [0.4, 0.5) is 0 Å². The van der Waals surface area contributed by atoms with Gasteiger partial charge in [-0.05, 0) is 107 Å². The second kappa shape index (κ2) is 27.4. The summed E-state index contributed by atoms with van der Waals surface area (Å²) >= 11 is 1.68. The van der Waals surface area contributed by atoms with Gasteiger partial charge in [0.2, 0.25) is 0 Å². The first kappa shape index (κ1) is 58.2. The Bertz CT molecular complexity index is 1740. The predicted octanol–water partition coefficient (Wildman–Crippen LogP) is 14.0. The number of ketones is 1. The maximum Gasteiger partial charge on any atom is 0.261 e. The molecule has 0 radical (unpaired) electrons. The number of benzene rings is 3. The summed E-state index contributed by atoms with van der Waals surface area (Å²) in [5.74, 6) is 1.82. The second-order valence-corrected chi connectivity index (χ2v) is 35.8. The first-order valence-corrected chi connectivity index (χ1v) is 33.9. The Morgan fingerprint density at radius 3 is 1.79 bits per heavy atom. The Balaban J connectivity index is 2.01. The molecule has 3 aromatic rings. The molecule has 0 unspecified atom stereocenters. The van der Waals surface area contributed by atoms with E-state index < -0.39 is 36.7 Å². The first-order valence-electron chi connectivity index (χ1n) is 25.2. The molecule has 66 heavy (non-hydrogen) atoms. The summed E-state index contributed by atoms with van der Waals surface area (Å²) < 4.78 is 41.4. The molecule has 0 fully saturated rings. The van der Waals surface area contributed by atoms with Gasteiger partial charge in [0, 0.05) is 25.6 Å². The van der Waals surface area contributed by atoms with E-state index in [1.165, 1.54) is 10.4 Å². The van der Waals surface area contributed by atoms with E-state index in [1.54, 1.807) is 18.9 Å². The van der Waals surface area contributed by atoms with Crippen LogP contribution in [0.3, 0.4) is 0 Å². The van der Waals surface area contributed by atoms with Gasteiger partial charge in [0.25, 0.3) is 8.32 Å². The number of unbranched alkanes of at least 4 members (excludes halogenated alkanes) is 1. The van der Waals surface area contributed by atoms with Gasteiger partial charge < -0.3 is 27.5 Å². The van der Waals surface area contributed by atoms with Crippen LogP contribution in [0.1, 0.15) is 133 Å². The molecule has 4 atom stereocenters. The van der Waals surface area contributed by atoms with Crippen LogP contribution in [0.2, 0.25) is 41.3 Å². The van der Waals surface area contributed by atoms with Gasteiger partial charge in [-0.25, -0.2) is 0 Å². The van der Waals surface area contributed by atoms with Crippen LogP contribution in [0.15, 0.2) is 84.9 Å². The number of thioether (sulfide) groups is 1. The van der Waals surface area contributed by atoms with Crippen molar-refractivity contribution in [1.29, 1.82) is 0 Å². The molecular formula is C55H92O7SSi3. The van der Waals surface area contributed by atoms with E-state index >= 15 is 0 Å². The average Bonchev–Trinajstić information content (AvgIpc) is 3.30. The fourth-order valence-corrected chi connectivity index (χ4v) is 18.0. The number of ether oxygens (including phenoxy) is 3. The smallest absolute Gasteiger partial charge is 0.261 e. The molecule has 0 N–H and O–H groups in total. The number of Topliss-reactive ketones (excluding diaryl/α,β-unsaturated/α-hetero) is 1. The van der Waals surface area contributed by atoms with Crippen LogP contribution in [-0.4, -0.2) is 81.1 Å². The van der Waals surface area contributed by atoms with Gasteiger partial charge in [0.05, 0.1) is 38.0 Å². The van der Waals surface area contributed by atoms with Crippen LogP contribution in [0.5, 0.6) is 5.75 Å². The van der Waals surface area contributed by atoms with Gasteiger partial charge in [-0.1, -0.05) is 162 Å². The second-order valence-electron chi connectivity index (χ2n) is 21.2. The summed E-state index contributed by atoms with van der Waals surface area (Å²) in [5.41, 5.74) is 0.366. The Morgan fingerprint density at radius 1 is 0.727 bits per heavy atom. The zero-order valence-corrected chi connectivity index (χ0v) is 48.0. The molecule has 0 aliphatic heterocycles. The molecule has 0 spiro atoms. The van der Waals surface area contributed by atoms with Gasteiger partial charge in [-0.15, -0.1) is 11.8 Å². The monoisotopic (exact) mass is 981 g/mol. The Hall–Kier alpha value is -2.07. The van der Waals surface area contributed by atoms with Crippen molar-refractivity contribution in [3.8, 4) is 5.75 Å². The quantitative estimate of drug-likeness (QED) is 0.0348. The number of hydrogen-bond donors (Lipinski definition) is 0. The highest BCUT2D eigenvalue weighted by Gasteiger charge is 2.55. The van der Waals surface area contributed by atoms with Gasteiger partial charge in [-0.2, -0.15) is 0 Å². The molecule has 7 nitrogen and oxygen atoms in total. The largest absolute Gasteiger partial charge is 0.497 e. The highest BCUT2D eigenvalue weighted by atomic mass is 32.2. The maximum absolute atomic E-state index is 14.5. The molecule has 3 aromatic carbocycles. The lowest BCUT2D eigenvalue weighted by Crippen LogP contribution is -2.70. The number of rotatable bonds is 32. The fourth-order valence-electron chi connectivity index (χ4n) is 8.98. The molecule has 0 saturated carbocycles. The number of carbonyl (C=O) groups excluding carboxylic acids is 1. The van der Waals surface area contributed by atoms with Gasteiger partial charge >= 0.3 is 0 Å². The fraction of sp³-hybridized carbons (Fsp3) is 0.655. The van der Waals surface area contributed by atoms with Crippen molar-refractivity contribution >= 4 is 52.9 Å². The summed E-state index contributed by atoms with van der Waals surface area (Å²) in [6.07, 6.45) is 7.51. The molecule has 0 saturated heterocycles. The molecule has 372 valence electrons. The van der Waals surface area contributed by atoms with Crippen molar-refractivity contribution in [2.45, 2.75) is 193 Å². The van der Waals surface area contributed by atoms with Gasteiger partial charge in [-0.3, -0.25) is 4.79 Å². The van der Waals surface area contributed by atoms with Crippen LogP contribution in [0, 0.1) is 5.92 Å². The molecule has 0 amide bonds. The SMILES string of the molecule is CCCC[C@](CCC(=O)CC[C@H](C)[C@@H](CCOCc1ccc(OC)cc1)O[Si](CC)(CC)CC)(OCSC)[C@H](CO[Si](C)(C)C(C)(C)C)O[Si](c1ccccc1)(c1ccccc1)C(C)(C)C. The van der Waals surface area contributed by atoms with E-state index in [0.29, 0.717) is 45.0 Å². The minimum absolute atomic E-state index is 0.00555. The summed E-state index contributed by atoms with van der Waals surface area (Å²) in [4.78, 5) is 14.5. The van der Waals surface area contributed by atoms with Crippen molar-refractivity contribution in [2.75, 3.05) is 32.5 Å². The van der Waals surface area contributed by atoms with Gasteiger partial charge in [0.1, 0.15) is 11.5 Å². The molecule has 0 aliphatic carbocycles. The molecule has 0 aromatic heterocycles. The van der Waals surface area contributed by atoms with Crippen LogP contribution < -0.4 is 15.1 Å². The third kappa shape index (κ3) is 16.3. The topological polar surface area (TPSA) is 72.5 Å². The summed E-state index contributed by atoms with van der Waals surface area (Å²) in [6, 6.07) is 33.1. The molecule has 0 aliphatic rings. The van der Waals surface area contributed by atoms with E-state index in [9.17, 15) is 4.79 Å². The van der Waals surface area contributed by atoms with E-state index in [-0.39, 0.29) is 27.9 Å². The Morgan fingerprint density at radius 2 is 1.30 bits per heavy atom. The molecule has 0 heterocycles. The van der Waals surface area contributed by atoms with Crippen molar-refractivity contribution < 1.29 is 32.3 Å². The first-order chi connectivity index (χ1) is 31.2. The normalized spacial score (nSPS) is 15.3. The standard InChI is InChI=1S/C55H92O7SSi3/c1-16-20-39-55(59-44-63-13,40-37-47(56)34-31-45(5)51(61-65(17-2,18-3)19-4)38-41-58-42-46-32-35-48(57-12)36-33-46)52(43-60-64(14,15)53(6,7)8)62-66(54(9,10)11,49-27-23-21-24-28-49)50-29-25-22-26-30-50/h21-30,32-33,35-36,45,51-52H,16-20,31,34,37-44H2,1-15H3/t45-,51+,52-,55+/m0/s1. The zero-order chi connectivity index (χ0) is 49.1. The molecule has 11 heteroatoms. The highest BCUT2D eigenvalue weighted by molar-refractivity contribution is 7.98. The molecule has 3 rings (SSSR count). The third-order valence-electron chi connectivity index (χ3n) is 14.8. The molecular weight excluding hydrogens is 889 g/mol. The molecule has 0 bridgehead atoms. The highest BCUT2D eigenvalue weighted by Crippen LogP contribution is 2.43. The van der Waals surface area contributed by atoms with E-state index in [0.717, 1.165) is 61.5 Å². The minimum Gasteiger partial charge on any atom is -0.497 e. The van der Waals surface area contributed by atoms with Crippen molar-refractivity contribution in [3.05, 3.63) is 90.5 Å². The number of carbonyl (C=O) groups is 1. The lowest BCUT2D eigenvalue weighted by atomic mass is 9.84. The lowest BCUT2D eigenvalue weighted by molar-refractivity contribution is -0.134. The minimum atomic E-state index is -3.07. The van der Waals surface area contributed by atoms with E-state index in [4.69, 9.17) is 27.5 Å². The van der Waals surface area contributed by atoms with Crippen molar-refractivity contribution in [3.63, 3.8) is 0 Å². The van der Waals surface area contributed by atoms with Crippen LogP contribution in [-0.2, 0) is 34.2 Å². The summed E-state index contributed by atoms with van der Waals surface area (Å²) in [6.45, 7) is 31.5. The lowest BCUT2D eigenvalue weighted by Gasteiger charge is -2.50. The number of methoxy groups -OCH3 is 1. The summed E-state index contributed by atoms with van der Waals surface area (Å²) in [5, 5.41) is 2.21. The third-order valence-corrected chi connectivity index (χ3v) is 29.4. The Kier molecular flexibility index (Phi) is 24.1. The van der Waals surface area contributed by atoms with Crippen LogP contribution in [0.25, 0.3) is 0 Å². The predicted molar refractivity (Wildman–Crippen MR) is 289 cm³/mol. The number of hydrogen-bond acceptors (Lipinski definition) is 8. The average molecular weight is 982 g/mol. The zero-order valence-electron chi connectivity index (χ0n) is 44.2. The van der Waals surface area contributed by atoms with E-state index in [2.05, 4.69) is 168 Å². The van der Waals surface area contributed by atoms with Crippen molar-refractivity contribution in [1.82, 2.24) is 0 Å².